The van der Waals surface area contributed by atoms with Crippen molar-refractivity contribution in [2.75, 3.05) is 24.1 Å². The number of nitrogens with zero attached hydrogens (tertiary/aromatic N) is 5. The third kappa shape index (κ3) is 4.29. The van der Waals surface area contributed by atoms with Crippen molar-refractivity contribution in [1.82, 2.24) is 4.57 Å². The molecule has 0 saturated carbocycles. The Morgan fingerprint density at radius 1 is 1.16 bits per heavy atom. The van der Waals surface area contributed by atoms with Gasteiger partial charge in [-0.05, 0) is 31.5 Å². The predicted molar refractivity (Wildman–Crippen MR) is 150 cm³/mol. The highest BCUT2D eigenvalue weighted by Gasteiger charge is 2.33. The number of fused-ring (bicyclic) bond motifs is 1. The molecule has 0 unspecified atom stereocenters. The highest BCUT2D eigenvalue weighted by Crippen LogP contribution is 2.46. The topological polar surface area (TPSA) is 110 Å². The van der Waals surface area contributed by atoms with Crippen LogP contribution in [-0.2, 0) is 11.3 Å². The summed E-state index contributed by atoms with van der Waals surface area (Å²) in [5, 5.41) is 17.6. The lowest BCUT2D eigenvalue weighted by molar-refractivity contribution is -0.384. The summed E-state index contributed by atoms with van der Waals surface area (Å²) in [6, 6.07) is 11.6. The number of thiazole rings is 1. The molecule has 0 N–H and O–H groups in total. The number of hydrogen-bond acceptors (Lipinski definition) is 9. The zero-order valence-electron chi connectivity index (χ0n) is 21.3. The predicted octanol–water partition coefficient (Wildman–Crippen LogP) is 3.51. The van der Waals surface area contributed by atoms with E-state index in [0.717, 1.165) is 39.2 Å². The maximum Gasteiger partial charge on any atom is 0.283 e. The number of benzene rings is 2. The van der Waals surface area contributed by atoms with Gasteiger partial charge in [-0.2, -0.15) is 10.1 Å². The van der Waals surface area contributed by atoms with E-state index >= 15 is 0 Å². The number of amides is 1. The summed E-state index contributed by atoms with van der Waals surface area (Å²) >= 11 is 2.78. The molecule has 196 valence electrons. The molecule has 0 saturated heterocycles. The number of hydrazone groups is 1. The zero-order valence-corrected chi connectivity index (χ0v) is 22.9. The molecule has 12 heteroatoms. The van der Waals surface area contributed by atoms with Crippen LogP contribution in [0.25, 0.3) is 10.6 Å². The van der Waals surface area contributed by atoms with Gasteiger partial charge in [0.1, 0.15) is 20.0 Å². The van der Waals surface area contributed by atoms with Gasteiger partial charge < -0.3 is 9.64 Å². The van der Waals surface area contributed by atoms with Crippen molar-refractivity contribution in [3.8, 4) is 5.75 Å². The van der Waals surface area contributed by atoms with E-state index in [0.29, 0.717) is 32.7 Å². The molecule has 0 radical (unpaired) electrons. The molecule has 0 fully saturated rings. The van der Waals surface area contributed by atoms with Gasteiger partial charge in [0.05, 0.1) is 34.7 Å². The minimum atomic E-state index is -0.514. The Kier molecular flexibility index (Phi) is 6.84. The molecule has 3 heterocycles. The first-order valence-corrected chi connectivity index (χ1v) is 13.6. The molecule has 0 aliphatic carbocycles. The molecule has 2 aliphatic rings. The minimum absolute atomic E-state index is 0.135. The highest BCUT2D eigenvalue weighted by atomic mass is 32.2. The molecular formula is C26H25N5O5S2. The second-order valence-corrected chi connectivity index (χ2v) is 10.8. The Bertz CT molecular complexity index is 1690. The van der Waals surface area contributed by atoms with E-state index < -0.39 is 10.8 Å². The standard InChI is InChI=1S/C26H25N5O5S2/c1-5-6-12-29-24(33)22(26-28(3)19-14-18(36-4)10-11-20(19)37-26)38-25(29)21-15(2)27-30(23(21)32)16-8-7-9-17(13-16)31(34)35/h7-11,13-14H,5-6,12H2,1-4H3/b25-21+,26-22-. The molecule has 5 rings (SSSR count). The van der Waals surface area contributed by atoms with E-state index in [4.69, 9.17) is 4.74 Å². The Morgan fingerprint density at radius 3 is 2.66 bits per heavy atom. The van der Waals surface area contributed by atoms with Gasteiger partial charge in [-0.1, -0.05) is 31.2 Å². The molecule has 0 spiro atoms. The summed E-state index contributed by atoms with van der Waals surface area (Å²) in [5.74, 6) is 0.302. The second-order valence-electron chi connectivity index (χ2n) is 8.80. The first kappa shape index (κ1) is 25.7. The summed E-state index contributed by atoms with van der Waals surface area (Å²) in [4.78, 5) is 41.2. The Morgan fingerprint density at radius 2 is 1.95 bits per heavy atom. The third-order valence-corrected chi connectivity index (χ3v) is 8.92. The first-order chi connectivity index (χ1) is 18.2. The molecule has 3 aromatic rings. The average molecular weight is 552 g/mol. The van der Waals surface area contributed by atoms with Gasteiger partial charge in [0, 0.05) is 36.7 Å². The van der Waals surface area contributed by atoms with Crippen LogP contribution in [0.4, 0.5) is 17.1 Å². The maximum absolute atomic E-state index is 13.8. The van der Waals surface area contributed by atoms with Crippen LogP contribution in [0.1, 0.15) is 26.7 Å². The van der Waals surface area contributed by atoms with Crippen molar-refractivity contribution >= 4 is 62.4 Å². The summed E-state index contributed by atoms with van der Waals surface area (Å²) < 4.78 is 8.12. The number of carbonyl (C=O) groups excluding carboxylic acids is 1. The van der Waals surface area contributed by atoms with Crippen LogP contribution in [0.3, 0.4) is 0 Å². The van der Waals surface area contributed by atoms with E-state index in [-0.39, 0.29) is 11.2 Å². The van der Waals surface area contributed by atoms with Gasteiger partial charge in [-0.25, -0.2) is 0 Å². The van der Waals surface area contributed by atoms with Crippen LogP contribution >= 0.6 is 23.1 Å². The summed E-state index contributed by atoms with van der Waals surface area (Å²) in [6.07, 6.45) is 1.65. The number of unbranched alkanes of at least 4 members (excludes halogenated alkanes) is 1. The van der Waals surface area contributed by atoms with E-state index in [1.807, 2.05) is 37.1 Å². The van der Waals surface area contributed by atoms with Crippen LogP contribution in [0.2, 0.25) is 0 Å². The van der Waals surface area contributed by atoms with E-state index in [1.54, 1.807) is 24.7 Å². The van der Waals surface area contributed by atoms with Crippen molar-refractivity contribution in [3.63, 3.8) is 0 Å². The lowest BCUT2D eigenvalue weighted by Crippen LogP contribution is -2.35. The summed E-state index contributed by atoms with van der Waals surface area (Å²) in [6.45, 7) is 4.22. The van der Waals surface area contributed by atoms with E-state index in [2.05, 4.69) is 5.10 Å². The smallest absolute Gasteiger partial charge is 0.283 e. The number of non-ortho nitro benzene ring substituents is 1. The quantitative estimate of drug-likeness (QED) is 0.341. The van der Waals surface area contributed by atoms with Crippen molar-refractivity contribution < 1.29 is 14.5 Å². The van der Waals surface area contributed by atoms with E-state index in [1.165, 1.54) is 41.3 Å². The molecule has 0 atom stereocenters. The number of carbonyl (C=O) groups is 1. The van der Waals surface area contributed by atoms with Crippen LogP contribution < -0.4 is 29.4 Å². The van der Waals surface area contributed by atoms with Crippen LogP contribution in [0.5, 0.6) is 5.75 Å². The molecule has 1 amide bonds. The molecule has 2 aromatic carbocycles. The molecule has 2 aliphatic heterocycles. The largest absolute Gasteiger partial charge is 0.497 e. The number of methoxy groups -OCH3 is 1. The fraction of sp³-hybridized carbons (Fsp3) is 0.269. The molecule has 1 aromatic heterocycles. The molecular weight excluding hydrogens is 526 g/mol. The number of hydrogen-bond donors (Lipinski definition) is 0. The first-order valence-electron chi connectivity index (χ1n) is 12.0. The number of nitro benzene ring substituents is 1. The second kappa shape index (κ2) is 10.1. The normalized spacial score (nSPS) is 17.7. The fourth-order valence-electron chi connectivity index (χ4n) is 4.37. The van der Waals surface area contributed by atoms with Crippen molar-refractivity contribution in [2.45, 2.75) is 38.1 Å². The van der Waals surface area contributed by atoms with Crippen LogP contribution in [-0.4, -0.2) is 35.3 Å². The number of thioether (sulfide) groups is 1. The number of ether oxygens (including phenoxy) is 1. The van der Waals surface area contributed by atoms with Gasteiger partial charge in [0.2, 0.25) is 0 Å². The summed E-state index contributed by atoms with van der Waals surface area (Å²) in [7, 11) is 3.52. The van der Waals surface area contributed by atoms with Crippen LogP contribution in [0.15, 0.2) is 57.3 Å². The number of rotatable bonds is 6. The van der Waals surface area contributed by atoms with E-state index in [9.17, 15) is 19.7 Å². The van der Waals surface area contributed by atoms with Gasteiger partial charge in [-0.15, -0.1) is 11.3 Å². The van der Waals surface area contributed by atoms with Crippen molar-refractivity contribution in [1.29, 1.82) is 0 Å². The Balaban J connectivity index is 1.69. The minimum Gasteiger partial charge on any atom is -0.497 e. The number of nitro groups is 1. The Labute approximate surface area is 226 Å². The number of anilines is 2. The molecule has 10 nitrogen and oxygen atoms in total. The van der Waals surface area contributed by atoms with Crippen molar-refractivity contribution in [3.05, 3.63) is 72.1 Å². The van der Waals surface area contributed by atoms with Gasteiger partial charge in [0.25, 0.3) is 17.2 Å². The van der Waals surface area contributed by atoms with Crippen molar-refractivity contribution in [2.24, 2.45) is 5.10 Å². The van der Waals surface area contributed by atoms with Gasteiger partial charge in [0.15, 0.2) is 0 Å². The third-order valence-electron chi connectivity index (χ3n) is 6.37. The summed E-state index contributed by atoms with van der Waals surface area (Å²) in [5.41, 5.74) is 1.72. The Hall–Kier alpha value is -3.90. The number of aromatic nitrogens is 1. The lowest BCUT2D eigenvalue weighted by atomic mass is 10.2. The highest BCUT2D eigenvalue weighted by molar-refractivity contribution is 8.08. The van der Waals surface area contributed by atoms with Gasteiger partial charge in [-0.3, -0.25) is 24.3 Å². The van der Waals surface area contributed by atoms with Gasteiger partial charge >= 0.3 is 0 Å². The molecule has 38 heavy (non-hydrogen) atoms. The lowest BCUT2D eigenvalue weighted by Gasteiger charge is -2.13. The monoisotopic (exact) mass is 551 g/mol. The maximum atomic E-state index is 13.8. The zero-order chi connectivity index (χ0) is 27.1. The average Bonchev–Trinajstić information content (AvgIpc) is 3.52. The SMILES string of the molecule is CCCCn1c(=O)/c(=C2/Sc3ccc(OC)cc3N2C)s/c1=C1/C(=O)N(c2cccc([N+](=O)[O-])c2)N=C1C. The van der Waals surface area contributed by atoms with Crippen LogP contribution in [0, 0.1) is 10.1 Å². The molecule has 0 bridgehead atoms. The fourth-order valence-corrected chi connectivity index (χ4v) is 6.92.